The summed E-state index contributed by atoms with van der Waals surface area (Å²) >= 11 is 0. The molecule has 0 aliphatic rings. The maximum atomic E-state index is 12.6. The number of aryl methyl sites for hydroxylation is 2. The van der Waals surface area contributed by atoms with Gasteiger partial charge in [0.05, 0.1) is 18.7 Å². The molecule has 4 rings (SSSR count). The molecule has 0 amide bonds. The van der Waals surface area contributed by atoms with Crippen molar-refractivity contribution >= 4 is 11.6 Å². The van der Waals surface area contributed by atoms with E-state index in [2.05, 4.69) is 20.1 Å². The van der Waals surface area contributed by atoms with Crippen LogP contribution in [0.15, 0.2) is 61.2 Å². The Morgan fingerprint density at radius 2 is 1.69 bits per heavy atom. The Morgan fingerprint density at radius 1 is 0.938 bits per heavy atom. The van der Waals surface area contributed by atoms with E-state index in [1.807, 2.05) is 81.6 Å². The van der Waals surface area contributed by atoms with Crippen LogP contribution in [0.4, 0.5) is 5.82 Å². The minimum atomic E-state index is 0.0576. The first-order chi connectivity index (χ1) is 15.4. The SMILES string of the molecule is Cc1cc(-c2cn(CC(=O)Cc3ccc(-c4ccc(N(C)C)nc4)cn3)nc2C)ccn1. The molecule has 0 aromatic carbocycles. The van der Waals surface area contributed by atoms with Crippen LogP contribution in [0.5, 0.6) is 0 Å². The van der Waals surface area contributed by atoms with E-state index in [1.54, 1.807) is 17.1 Å². The summed E-state index contributed by atoms with van der Waals surface area (Å²) in [7, 11) is 3.92. The molecule has 0 saturated heterocycles. The Bertz CT molecular complexity index is 1230. The molecule has 0 fully saturated rings. The lowest BCUT2D eigenvalue weighted by atomic mass is 10.1. The number of nitrogens with zero attached hydrogens (tertiary/aromatic N) is 6. The van der Waals surface area contributed by atoms with Crippen LogP contribution in [-0.2, 0) is 17.8 Å². The van der Waals surface area contributed by atoms with E-state index in [4.69, 9.17) is 0 Å². The summed E-state index contributed by atoms with van der Waals surface area (Å²) < 4.78 is 1.70. The van der Waals surface area contributed by atoms with Crippen LogP contribution in [0, 0.1) is 13.8 Å². The second-order valence-electron chi connectivity index (χ2n) is 8.06. The molecule has 4 aromatic heterocycles. The second-order valence-corrected chi connectivity index (χ2v) is 8.06. The largest absolute Gasteiger partial charge is 0.363 e. The molecule has 0 saturated carbocycles. The fraction of sp³-hybridized carbons (Fsp3) is 0.240. The quantitative estimate of drug-likeness (QED) is 0.446. The molecule has 0 aliphatic carbocycles. The number of Topliss-reactive ketones (excluding diaryl/α,β-unsaturated/α-hetero) is 1. The third kappa shape index (κ3) is 4.88. The number of carbonyl (C=O) groups excluding carboxylic acids is 1. The third-order valence-corrected chi connectivity index (χ3v) is 5.23. The third-order valence-electron chi connectivity index (χ3n) is 5.23. The lowest BCUT2D eigenvalue weighted by Gasteiger charge is -2.11. The Morgan fingerprint density at radius 3 is 2.31 bits per heavy atom. The molecule has 0 bridgehead atoms. The van der Waals surface area contributed by atoms with Crippen LogP contribution in [0.1, 0.15) is 17.1 Å². The highest BCUT2D eigenvalue weighted by molar-refractivity contribution is 5.80. The van der Waals surface area contributed by atoms with E-state index in [0.717, 1.165) is 45.2 Å². The molecule has 4 heterocycles. The van der Waals surface area contributed by atoms with Gasteiger partial charge in [0.15, 0.2) is 5.78 Å². The van der Waals surface area contributed by atoms with Gasteiger partial charge in [-0.3, -0.25) is 19.4 Å². The predicted octanol–water partition coefficient (Wildman–Crippen LogP) is 3.90. The van der Waals surface area contributed by atoms with Crippen molar-refractivity contribution < 1.29 is 4.79 Å². The van der Waals surface area contributed by atoms with Crippen LogP contribution in [0.2, 0.25) is 0 Å². The fourth-order valence-electron chi connectivity index (χ4n) is 3.56. The summed E-state index contributed by atoms with van der Waals surface area (Å²) in [6.07, 6.45) is 7.59. The van der Waals surface area contributed by atoms with Crippen molar-refractivity contribution in [3.05, 3.63) is 78.3 Å². The van der Waals surface area contributed by atoms with Crippen molar-refractivity contribution in [3.8, 4) is 22.3 Å². The first-order valence-electron chi connectivity index (χ1n) is 10.5. The van der Waals surface area contributed by atoms with Gasteiger partial charge in [0.25, 0.3) is 0 Å². The van der Waals surface area contributed by atoms with E-state index in [-0.39, 0.29) is 18.7 Å². The number of hydrogen-bond acceptors (Lipinski definition) is 6. The van der Waals surface area contributed by atoms with Gasteiger partial charge in [0.2, 0.25) is 0 Å². The molecular formula is C25H26N6O. The molecule has 162 valence electrons. The summed E-state index contributed by atoms with van der Waals surface area (Å²) in [6, 6.07) is 11.8. The van der Waals surface area contributed by atoms with E-state index in [1.165, 1.54) is 0 Å². The van der Waals surface area contributed by atoms with E-state index >= 15 is 0 Å². The highest BCUT2D eigenvalue weighted by Gasteiger charge is 2.12. The highest BCUT2D eigenvalue weighted by Crippen LogP contribution is 2.23. The molecule has 32 heavy (non-hydrogen) atoms. The first-order valence-corrected chi connectivity index (χ1v) is 10.5. The lowest BCUT2D eigenvalue weighted by Crippen LogP contribution is -2.13. The van der Waals surface area contributed by atoms with Gasteiger partial charge in [-0.1, -0.05) is 6.07 Å². The summed E-state index contributed by atoms with van der Waals surface area (Å²) in [5.74, 6) is 0.960. The molecule has 0 N–H and O–H groups in total. The van der Waals surface area contributed by atoms with Crippen LogP contribution in [-0.4, -0.2) is 44.6 Å². The van der Waals surface area contributed by atoms with Gasteiger partial charge in [-0.25, -0.2) is 4.98 Å². The maximum Gasteiger partial charge on any atom is 0.160 e. The zero-order valence-corrected chi connectivity index (χ0v) is 18.8. The van der Waals surface area contributed by atoms with Gasteiger partial charge in [-0.15, -0.1) is 0 Å². The molecule has 7 heteroatoms. The average molecular weight is 427 g/mol. The molecular weight excluding hydrogens is 400 g/mol. The summed E-state index contributed by atoms with van der Waals surface area (Å²) in [5, 5.41) is 4.52. The summed E-state index contributed by atoms with van der Waals surface area (Å²) in [6.45, 7) is 4.12. The molecule has 0 aliphatic heterocycles. The van der Waals surface area contributed by atoms with Crippen LogP contribution < -0.4 is 4.90 Å². The van der Waals surface area contributed by atoms with Crippen molar-refractivity contribution in [2.45, 2.75) is 26.8 Å². The smallest absolute Gasteiger partial charge is 0.160 e. The van der Waals surface area contributed by atoms with Gasteiger partial charge < -0.3 is 4.90 Å². The number of anilines is 1. The van der Waals surface area contributed by atoms with Gasteiger partial charge in [0.1, 0.15) is 5.82 Å². The predicted molar refractivity (Wildman–Crippen MR) is 125 cm³/mol. The van der Waals surface area contributed by atoms with Crippen molar-refractivity contribution in [2.24, 2.45) is 0 Å². The Balaban J connectivity index is 1.41. The molecule has 0 spiro atoms. The number of carbonyl (C=O) groups is 1. The molecule has 0 radical (unpaired) electrons. The summed E-state index contributed by atoms with van der Waals surface area (Å²) in [4.78, 5) is 27.7. The minimum absolute atomic E-state index is 0.0576. The average Bonchev–Trinajstić information content (AvgIpc) is 3.14. The van der Waals surface area contributed by atoms with E-state index < -0.39 is 0 Å². The van der Waals surface area contributed by atoms with Crippen molar-refractivity contribution in [1.82, 2.24) is 24.7 Å². The number of hydrogen-bond donors (Lipinski definition) is 0. The minimum Gasteiger partial charge on any atom is -0.363 e. The molecule has 0 atom stereocenters. The molecule has 7 nitrogen and oxygen atoms in total. The maximum absolute atomic E-state index is 12.6. The van der Waals surface area contributed by atoms with Crippen molar-refractivity contribution in [1.29, 1.82) is 0 Å². The van der Waals surface area contributed by atoms with Crippen molar-refractivity contribution in [2.75, 3.05) is 19.0 Å². The number of pyridine rings is 3. The fourth-order valence-corrected chi connectivity index (χ4v) is 3.56. The van der Waals surface area contributed by atoms with Crippen LogP contribution in [0.25, 0.3) is 22.3 Å². The highest BCUT2D eigenvalue weighted by atomic mass is 16.1. The summed E-state index contributed by atoms with van der Waals surface area (Å²) in [5.41, 5.74) is 6.61. The normalized spacial score (nSPS) is 10.9. The van der Waals surface area contributed by atoms with Crippen molar-refractivity contribution in [3.63, 3.8) is 0 Å². The monoisotopic (exact) mass is 426 g/mol. The second kappa shape index (κ2) is 9.09. The standard InChI is InChI=1S/C25H26N6O/c1-17-11-19(9-10-26-17)24-16-31(29-18(24)2)15-23(32)12-22-7-5-20(13-27-22)21-6-8-25(28-14-21)30(3)4/h5-11,13-14,16H,12,15H2,1-4H3. The topological polar surface area (TPSA) is 76.8 Å². The lowest BCUT2D eigenvalue weighted by molar-refractivity contribution is -0.119. The number of rotatable bonds is 7. The zero-order chi connectivity index (χ0) is 22.7. The van der Waals surface area contributed by atoms with Gasteiger partial charge >= 0.3 is 0 Å². The first kappa shape index (κ1) is 21.4. The Hall–Kier alpha value is -3.87. The molecule has 4 aromatic rings. The Kier molecular flexibility index (Phi) is 6.07. The van der Waals surface area contributed by atoms with E-state index in [9.17, 15) is 4.79 Å². The molecule has 0 unspecified atom stereocenters. The van der Waals surface area contributed by atoms with Gasteiger partial charge in [0, 0.05) is 67.0 Å². The van der Waals surface area contributed by atoms with E-state index in [0.29, 0.717) is 0 Å². The van der Waals surface area contributed by atoms with Crippen LogP contribution >= 0.6 is 0 Å². The zero-order valence-electron chi connectivity index (χ0n) is 18.8. The van der Waals surface area contributed by atoms with Gasteiger partial charge in [-0.2, -0.15) is 5.10 Å². The number of aromatic nitrogens is 5. The Labute approximate surface area is 187 Å². The number of ketones is 1. The van der Waals surface area contributed by atoms with Gasteiger partial charge in [-0.05, 0) is 49.7 Å². The van der Waals surface area contributed by atoms with Crippen LogP contribution in [0.3, 0.4) is 0 Å².